The van der Waals surface area contributed by atoms with E-state index in [0.29, 0.717) is 17.4 Å². The number of methoxy groups -OCH3 is 1. The molecule has 26 heavy (non-hydrogen) atoms. The van der Waals surface area contributed by atoms with Crippen LogP contribution in [0.5, 0.6) is 5.75 Å². The molecule has 2 aliphatic heterocycles. The molecule has 2 N–H and O–H groups in total. The predicted octanol–water partition coefficient (Wildman–Crippen LogP) is 0.516. The highest BCUT2D eigenvalue weighted by atomic mass is 16.5. The third-order valence-corrected chi connectivity index (χ3v) is 4.67. The van der Waals surface area contributed by atoms with E-state index < -0.39 is 6.04 Å². The van der Waals surface area contributed by atoms with Gasteiger partial charge in [-0.05, 0) is 18.7 Å². The van der Waals surface area contributed by atoms with Crippen LogP contribution in [0.1, 0.15) is 13.3 Å². The van der Waals surface area contributed by atoms with Crippen molar-refractivity contribution in [1.29, 1.82) is 0 Å². The van der Waals surface area contributed by atoms with E-state index in [1.165, 1.54) is 0 Å². The Kier molecular flexibility index (Phi) is 5.72. The van der Waals surface area contributed by atoms with Crippen molar-refractivity contribution in [3.63, 3.8) is 0 Å². The minimum absolute atomic E-state index is 0.0498. The Labute approximate surface area is 153 Å². The Balaban J connectivity index is 1.68. The second kappa shape index (κ2) is 8.18. The molecule has 0 bridgehead atoms. The molecule has 1 fully saturated rings. The maximum Gasteiger partial charge on any atom is 0.249 e. The van der Waals surface area contributed by atoms with Crippen LogP contribution in [0.4, 0.5) is 5.69 Å². The number of amides is 2. The fourth-order valence-electron chi connectivity index (χ4n) is 3.09. The van der Waals surface area contributed by atoms with Gasteiger partial charge in [0.1, 0.15) is 11.8 Å². The first kappa shape index (κ1) is 18.2. The maximum atomic E-state index is 12.6. The largest absolute Gasteiger partial charge is 0.497 e. The third kappa shape index (κ3) is 4.32. The van der Waals surface area contributed by atoms with Crippen LogP contribution in [-0.2, 0) is 9.59 Å². The third-order valence-electron chi connectivity index (χ3n) is 4.67. The number of guanidine groups is 1. The first-order chi connectivity index (χ1) is 12.6. The van der Waals surface area contributed by atoms with Gasteiger partial charge >= 0.3 is 0 Å². The van der Waals surface area contributed by atoms with Crippen LogP contribution < -0.4 is 15.4 Å². The van der Waals surface area contributed by atoms with E-state index >= 15 is 0 Å². The molecule has 140 valence electrons. The number of nitrogens with one attached hydrogen (secondary N) is 2. The molecule has 1 aromatic rings. The summed E-state index contributed by atoms with van der Waals surface area (Å²) in [4.78, 5) is 33.5. The van der Waals surface area contributed by atoms with Crippen molar-refractivity contribution in [2.75, 3.05) is 45.2 Å². The van der Waals surface area contributed by atoms with E-state index in [2.05, 4.69) is 27.4 Å². The highest BCUT2D eigenvalue weighted by molar-refractivity contribution is 6.06. The van der Waals surface area contributed by atoms with Crippen LogP contribution >= 0.6 is 0 Å². The molecule has 0 aromatic heterocycles. The van der Waals surface area contributed by atoms with Crippen molar-refractivity contribution >= 4 is 23.5 Å². The van der Waals surface area contributed by atoms with Crippen molar-refractivity contribution in [3.8, 4) is 5.75 Å². The summed E-state index contributed by atoms with van der Waals surface area (Å²) in [5.74, 6) is 0.682. The molecule has 1 atom stereocenters. The molecule has 8 nitrogen and oxygen atoms in total. The van der Waals surface area contributed by atoms with Crippen molar-refractivity contribution in [2.24, 2.45) is 4.99 Å². The summed E-state index contributed by atoms with van der Waals surface area (Å²) in [6.07, 6.45) is 0.0498. The highest BCUT2D eigenvalue weighted by Gasteiger charge is 2.30. The number of hydrogen-bond donors (Lipinski definition) is 2. The number of ether oxygens (including phenoxy) is 1. The summed E-state index contributed by atoms with van der Waals surface area (Å²) < 4.78 is 5.16. The number of nitrogens with zero attached hydrogens (tertiary/aromatic N) is 3. The van der Waals surface area contributed by atoms with Crippen LogP contribution in [0, 0.1) is 0 Å². The van der Waals surface area contributed by atoms with Gasteiger partial charge in [-0.15, -0.1) is 0 Å². The fraction of sp³-hybridized carbons (Fsp3) is 0.500. The Morgan fingerprint density at radius 1 is 1.35 bits per heavy atom. The lowest BCUT2D eigenvalue weighted by molar-refractivity contribution is -0.125. The molecule has 8 heteroatoms. The lowest BCUT2D eigenvalue weighted by Gasteiger charge is -2.37. The average Bonchev–Trinajstić information content (AvgIpc) is 2.67. The normalized spacial score (nSPS) is 21.0. The van der Waals surface area contributed by atoms with E-state index in [1.54, 1.807) is 31.4 Å². The highest BCUT2D eigenvalue weighted by Crippen LogP contribution is 2.18. The molecule has 1 unspecified atom stereocenters. The lowest BCUT2D eigenvalue weighted by atomic mass is 10.1. The molecular formula is C18H25N5O3. The monoisotopic (exact) mass is 359 g/mol. The first-order valence-electron chi connectivity index (χ1n) is 8.89. The standard InChI is InChI=1S/C18H25N5O3/c1-3-22-7-9-23(10-8-22)18-20-15(12-16(24)21-18)17(25)19-13-5-4-6-14(11-13)26-2/h4-6,11,15H,3,7-10,12H2,1-2H3,(H,19,25)(H,20,21,24). The number of carbonyl (C=O) groups is 2. The summed E-state index contributed by atoms with van der Waals surface area (Å²) >= 11 is 0. The lowest BCUT2D eigenvalue weighted by Crippen LogP contribution is -2.56. The zero-order valence-electron chi connectivity index (χ0n) is 15.2. The minimum Gasteiger partial charge on any atom is -0.497 e. The van der Waals surface area contributed by atoms with E-state index in [4.69, 9.17) is 4.74 Å². The number of hydrogen-bond acceptors (Lipinski definition) is 6. The topological polar surface area (TPSA) is 86.3 Å². The zero-order valence-corrected chi connectivity index (χ0v) is 15.2. The van der Waals surface area contributed by atoms with Crippen LogP contribution in [0.15, 0.2) is 29.3 Å². The molecule has 0 radical (unpaired) electrons. The minimum atomic E-state index is -0.728. The predicted molar refractivity (Wildman–Crippen MR) is 99.3 cm³/mol. The Hall–Kier alpha value is -2.61. The summed E-state index contributed by atoms with van der Waals surface area (Å²) in [6, 6.07) is 6.38. The van der Waals surface area contributed by atoms with Crippen molar-refractivity contribution in [3.05, 3.63) is 24.3 Å². The Morgan fingerprint density at radius 3 is 2.81 bits per heavy atom. The van der Waals surface area contributed by atoms with E-state index in [1.807, 2.05) is 4.90 Å². The molecule has 2 heterocycles. The quantitative estimate of drug-likeness (QED) is 0.818. The maximum absolute atomic E-state index is 12.6. The van der Waals surface area contributed by atoms with Crippen LogP contribution in [0.2, 0.25) is 0 Å². The van der Waals surface area contributed by atoms with Gasteiger partial charge in [0.15, 0.2) is 0 Å². The molecule has 0 aliphatic carbocycles. The van der Waals surface area contributed by atoms with Crippen molar-refractivity contribution in [1.82, 2.24) is 15.1 Å². The number of piperazine rings is 1. The molecule has 0 spiro atoms. The first-order valence-corrected chi connectivity index (χ1v) is 8.89. The fourth-order valence-corrected chi connectivity index (χ4v) is 3.09. The van der Waals surface area contributed by atoms with Gasteiger partial charge in [-0.3, -0.25) is 14.9 Å². The van der Waals surface area contributed by atoms with Gasteiger partial charge in [-0.2, -0.15) is 0 Å². The number of anilines is 1. The van der Waals surface area contributed by atoms with Gasteiger partial charge in [0.2, 0.25) is 17.8 Å². The Morgan fingerprint density at radius 2 is 2.12 bits per heavy atom. The van der Waals surface area contributed by atoms with Gasteiger partial charge in [-0.1, -0.05) is 13.0 Å². The van der Waals surface area contributed by atoms with E-state index in [9.17, 15) is 9.59 Å². The smallest absolute Gasteiger partial charge is 0.249 e. The zero-order chi connectivity index (χ0) is 18.5. The summed E-state index contributed by atoms with van der Waals surface area (Å²) in [7, 11) is 1.57. The molecule has 1 saturated heterocycles. The molecule has 2 amide bonds. The van der Waals surface area contributed by atoms with Gasteiger partial charge in [0.25, 0.3) is 0 Å². The van der Waals surface area contributed by atoms with Gasteiger partial charge in [0, 0.05) is 37.9 Å². The molecule has 2 aliphatic rings. The van der Waals surface area contributed by atoms with Crippen LogP contribution in [-0.4, -0.2) is 73.4 Å². The molecule has 3 rings (SSSR count). The number of aliphatic imine (C=N–C) groups is 1. The van der Waals surface area contributed by atoms with Gasteiger partial charge in [-0.25, -0.2) is 4.99 Å². The summed E-state index contributed by atoms with van der Waals surface area (Å²) in [5, 5.41) is 5.62. The summed E-state index contributed by atoms with van der Waals surface area (Å²) in [5.41, 5.74) is 0.619. The van der Waals surface area contributed by atoms with Crippen molar-refractivity contribution in [2.45, 2.75) is 19.4 Å². The number of likely N-dealkylation sites (N-methyl/N-ethyl adjacent to an activating group) is 1. The van der Waals surface area contributed by atoms with Gasteiger partial charge < -0.3 is 19.9 Å². The van der Waals surface area contributed by atoms with E-state index in [0.717, 1.165) is 32.7 Å². The second-order valence-electron chi connectivity index (χ2n) is 6.36. The molecule has 1 aromatic carbocycles. The number of benzene rings is 1. The number of carbonyl (C=O) groups excluding carboxylic acids is 2. The molecule has 0 saturated carbocycles. The van der Waals surface area contributed by atoms with Crippen LogP contribution in [0.25, 0.3) is 0 Å². The average molecular weight is 359 g/mol. The summed E-state index contributed by atoms with van der Waals surface area (Å²) in [6.45, 7) is 6.57. The van der Waals surface area contributed by atoms with Crippen LogP contribution in [0.3, 0.4) is 0 Å². The molecular weight excluding hydrogens is 334 g/mol. The SMILES string of the molecule is CCN1CCN(C2=NC(C(=O)Nc3cccc(OC)c3)CC(=O)N2)CC1. The van der Waals surface area contributed by atoms with Crippen molar-refractivity contribution < 1.29 is 14.3 Å². The van der Waals surface area contributed by atoms with E-state index in [-0.39, 0.29) is 18.2 Å². The second-order valence-corrected chi connectivity index (χ2v) is 6.36. The number of rotatable bonds is 4. The Bertz CT molecular complexity index is 698. The van der Waals surface area contributed by atoms with Gasteiger partial charge in [0.05, 0.1) is 13.5 Å².